The number of amides is 1. The minimum Gasteiger partial charge on any atom is -0.348 e. The van der Waals surface area contributed by atoms with E-state index in [4.69, 9.17) is 0 Å². The maximum atomic E-state index is 12.5. The molecule has 3 heteroatoms. The fourth-order valence-corrected chi connectivity index (χ4v) is 4.53. The second-order valence-electron chi connectivity index (χ2n) is 7.69. The molecule has 1 saturated carbocycles. The van der Waals surface area contributed by atoms with Crippen molar-refractivity contribution < 1.29 is 4.79 Å². The quantitative estimate of drug-likeness (QED) is 0.925. The number of likely N-dealkylation sites (tertiary alicyclic amines) is 1. The molecule has 3 nitrogen and oxygen atoms in total. The van der Waals surface area contributed by atoms with E-state index in [1.54, 1.807) is 0 Å². The van der Waals surface area contributed by atoms with Gasteiger partial charge in [-0.15, -0.1) is 0 Å². The van der Waals surface area contributed by atoms with Gasteiger partial charge in [0.2, 0.25) is 5.91 Å². The first-order chi connectivity index (χ1) is 11.3. The number of carbonyl (C=O) groups is 1. The Morgan fingerprint density at radius 3 is 2.83 bits per heavy atom. The van der Waals surface area contributed by atoms with Gasteiger partial charge in [0.1, 0.15) is 0 Å². The van der Waals surface area contributed by atoms with Crippen LogP contribution in [0.15, 0.2) is 24.3 Å². The van der Waals surface area contributed by atoms with Crippen LogP contribution in [0, 0.1) is 11.8 Å². The molecule has 3 aliphatic rings. The van der Waals surface area contributed by atoms with Gasteiger partial charge in [0.15, 0.2) is 0 Å². The summed E-state index contributed by atoms with van der Waals surface area (Å²) in [6.45, 7) is 2.82. The molecule has 23 heavy (non-hydrogen) atoms. The second kappa shape index (κ2) is 6.64. The van der Waals surface area contributed by atoms with Gasteiger partial charge in [-0.1, -0.05) is 24.3 Å². The Morgan fingerprint density at radius 1 is 1.09 bits per heavy atom. The van der Waals surface area contributed by atoms with Crippen LogP contribution in [0.25, 0.3) is 0 Å². The van der Waals surface area contributed by atoms with Gasteiger partial charge in [-0.3, -0.25) is 9.69 Å². The zero-order chi connectivity index (χ0) is 15.6. The molecule has 4 rings (SSSR count). The number of hydrogen-bond donors (Lipinski definition) is 1. The third-order valence-electron chi connectivity index (χ3n) is 5.90. The lowest BCUT2D eigenvalue weighted by atomic mass is 9.87. The third kappa shape index (κ3) is 3.60. The standard InChI is InChI=1S/C20H28N2O/c23-20(14-22-12-4-7-17(13-22)15-10-11-15)21-19-9-3-6-16-5-1-2-8-18(16)19/h1-2,5,8,15,17,19H,3-4,6-7,9-14H2,(H,21,23). The Bertz CT molecular complexity index is 567. The number of nitrogens with zero attached hydrogens (tertiary/aromatic N) is 1. The van der Waals surface area contributed by atoms with E-state index in [0.29, 0.717) is 6.54 Å². The maximum Gasteiger partial charge on any atom is 0.234 e. The number of nitrogens with one attached hydrogen (secondary N) is 1. The van der Waals surface area contributed by atoms with Crippen molar-refractivity contribution in [1.82, 2.24) is 10.2 Å². The molecule has 0 radical (unpaired) electrons. The summed E-state index contributed by atoms with van der Waals surface area (Å²) in [5.74, 6) is 2.03. The predicted molar refractivity (Wildman–Crippen MR) is 92.2 cm³/mol. The molecule has 2 fully saturated rings. The highest BCUT2D eigenvalue weighted by molar-refractivity contribution is 5.78. The molecule has 0 bridgehead atoms. The Kier molecular flexibility index (Phi) is 4.39. The van der Waals surface area contributed by atoms with E-state index in [1.165, 1.54) is 43.2 Å². The predicted octanol–water partition coefficient (Wildman–Crippen LogP) is 3.30. The summed E-state index contributed by atoms with van der Waals surface area (Å²) in [5.41, 5.74) is 2.75. The van der Waals surface area contributed by atoms with Crippen LogP contribution in [0.3, 0.4) is 0 Å². The summed E-state index contributed by atoms with van der Waals surface area (Å²) in [6, 6.07) is 8.81. The van der Waals surface area contributed by atoms with Gasteiger partial charge in [-0.25, -0.2) is 0 Å². The number of fused-ring (bicyclic) bond motifs is 1. The Morgan fingerprint density at radius 2 is 1.96 bits per heavy atom. The van der Waals surface area contributed by atoms with Crippen LogP contribution in [0.2, 0.25) is 0 Å². The maximum absolute atomic E-state index is 12.5. The summed E-state index contributed by atoms with van der Waals surface area (Å²) in [5, 5.41) is 3.30. The highest BCUT2D eigenvalue weighted by atomic mass is 16.2. The first kappa shape index (κ1) is 15.2. The summed E-state index contributed by atoms with van der Waals surface area (Å²) < 4.78 is 0. The molecule has 0 aromatic heterocycles. The zero-order valence-corrected chi connectivity index (χ0v) is 14.0. The molecular weight excluding hydrogens is 284 g/mol. The summed E-state index contributed by atoms with van der Waals surface area (Å²) >= 11 is 0. The first-order valence-electron chi connectivity index (χ1n) is 9.39. The highest BCUT2D eigenvalue weighted by Crippen LogP contribution is 2.40. The van der Waals surface area contributed by atoms with Gasteiger partial charge in [-0.2, -0.15) is 0 Å². The van der Waals surface area contributed by atoms with E-state index in [0.717, 1.165) is 37.8 Å². The monoisotopic (exact) mass is 312 g/mol. The fraction of sp³-hybridized carbons (Fsp3) is 0.650. The van der Waals surface area contributed by atoms with Crippen LogP contribution in [0.5, 0.6) is 0 Å². The Hall–Kier alpha value is -1.35. The molecule has 2 atom stereocenters. The minimum absolute atomic E-state index is 0.211. The number of piperidine rings is 1. The lowest BCUT2D eigenvalue weighted by Gasteiger charge is -2.33. The largest absolute Gasteiger partial charge is 0.348 e. The van der Waals surface area contributed by atoms with E-state index in [1.807, 2.05) is 0 Å². The van der Waals surface area contributed by atoms with Gasteiger partial charge in [-0.05, 0) is 74.5 Å². The van der Waals surface area contributed by atoms with Gasteiger partial charge in [0.25, 0.3) is 0 Å². The van der Waals surface area contributed by atoms with Gasteiger partial charge in [0.05, 0.1) is 12.6 Å². The van der Waals surface area contributed by atoms with Crippen LogP contribution in [0.1, 0.15) is 55.7 Å². The minimum atomic E-state index is 0.211. The number of hydrogen-bond acceptors (Lipinski definition) is 2. The topological polar surface area (TPSA) is 32.3 Å². The normalized spacial score (nSPS) is 28.2. The fourth-order valence-electron chi connectivity index (χ4n) is 4.53. The van der Waals surface area contributed by atoms with Gasteiger partial charge < -0.3 is 5.32 Å². The SMILES string of the molecule is O=C(CN1CCCC(C2CC2)C1)NC1CCCc2ccccc21. The molecule has 2 aliphatic carbocycles. The Balaban J connectivity index is 1.33. The van der Waals surface area contributed by atoms with Crippen LogP contribution < -0.4 is 5.32 Å². The molecule has 1 saturated heterocycles. The molecule has 1 aromatic rings. The average molecular weight is 312 g/mol. The van der Waals surface area contributed by atoms with E-state index < -0.39 is 0 Å². The van der Waals surface area contributed by atoms with Crippen LogP contribution >= 0.6 is 0 Å². The molecule has 1 N–H and O–H groups in total. The lowest BCUT2D eigenvalue weighted by molar-refractivity contribution is -0.123. The van der Waals surface area contributed by atoms with E-state index in [9.17, 15) is 4.79 Å². The van der Waals surface area contributed by atoms with Crippen molar-refractivity contribution in [2.75, 3.05) is 19.6 Å². The molecule has 1 aromatic carbocycles. The van der Waals surface area contributed by atoms with Crippen molar-refractivity contribution in [3.05, 3.63) is 35.4 Å². The van der Waals surface area contributed by atoms with Crippen molar-refractivity contribution in [1.29, 1.82) is 0 Å². The van der Waals surface area contributed by atoms with Crippen molar-refractivity contribution in [3.63, 3.8) is 0 Å². The van der Waals surface area contributed by atoms with Crippen LogP contribution in [-0.2, 0) is 11.2 Å². The lowest BCUT2D eigenvalue weighted by Crippen LogP contribution is -2.44. The third-order valence-corrected chi connectivity index (χ3v) is 5.90. The summed E-state index contributed by atoms with van der Waals surface area (Å²) in [4.78, 5) is 14.9. The van der Waals surface area contributed by atoms with Crippen molar-refractivity contribution in [2.45, 2.75) is 51.0 Å². The van der Waals surface area contributed by atoms with Crippen LogP contribution in [0.4, 0.5) is 0 Å². The first-order valence-corrected chi connectivity index (χ1v) is 9.39. The molecule has 2 unspecified atom stereocenters. The number of rotatable bonds is 4. The van der Waals surface area contributed by atoms with Crippen molar-refractivity contribution >= 4 is 5.91 Å². The van der Waals surface area contributed by atoms with Crippen LogP contribution in [-0.4, -0.2) is 30.4 Å². The molecule has 1 aliphatic heterocycles. The van der Waals surface area contributed by atoms with Gasteiger partial charge in [0, 0.05) is 6.54 Å². The second-order valence-corrected chi connectivity index (χ2v) is 7.69. The average Bonchev–Trinajstić information content (AvgIpc) is 3.40. The van der Waals surface area contributed by atoms with Gasteiger partial charge >= 0.3 is 0 Å². The smallest absolute Gasteiger partial charge is 0.234 e. The number of aryl methyl sites for hydroxylation is 1. The number of benzene rings is 1. The van der Waals surface area contributed by atoms with E-state index in [2.05, 4.69) is 34.5 Å². The van der Waals surface area contributed by atoms with E-state index >= 15 is 0 Å². The van der Waals surface area contributed by atoms with Crippen molar-refractivity contribution in [3.8, 4) is 0 Å². The number of carbonyl (C=O) groups excluding carboxylic acids is 1. The summed E-state index contributed by atoms with van der Waals surface area (Å²) in [6.07, 6.45) is 8.88. The molecule has 124 valence electrons. The zero-order valence-electron chi connectivity index (χ0n) is 14.0. The summed E-state index contributed by atoms with van der Waals surface area (Å²) in [7, 11) is 0. The molecule has 0 spiro atoms. The van der Waals surface area contributed by atoms with Crippen molar-refractivity contribution in [2.24, 2.45) is 11.8 Å². The molecular formula is C20H28N2O. The highest BCUT2D eigenvalue weighted by Gasteiger charge is 2.34. The molecule has 1 heterocycles. The van der Waals surface area contributed by atoms with E-state index in [-0.39, 0.29) is 11.9 Å². The Labute approximate surface area is 139 Å². The molecule has 1 amide bonds.